The third-order valence-corrected chi connectivity index (χ3v) is 6.28. The van der Waals surface area contributed by atoms with E-state index in [-0.39, 0.29) is 0 Å². The zero-order valence-corrected chi connectivity index (χ0v) is 17.4. The van der Waals surface area contributed by atoms with Crippen LogP contribution in [-0.2, 0) is 18.9 Å². The van der Waals surface area contributed by atoms with Gasteiger partial charge in [0.15, 0.2) is 0 Å². The average Bonchev–Trinajstić information content (AvgIpc) is 2.59. The molecule has 0 saturated carbocycles. The van der Waals surface area contributed by atoms with Crippen molar-refractivity contribution in [1.29, 1.82) is 0 Å². The molecular formula is C22H42O4. The van der Waals surface area contributed by atoms with Gasteiger partial charge in [-0.2, -0.15) is 0 Å². The molecule has 0 aliphatic carbocycles. The van der Waals surface area contributed by atoms with Crippen molar-refractivity contribution < 1.29 is 18.9 Å². The molecule has 2 heterocycles. The summed E-state index contributed by atoms with van der Waals surface area (Å²) < 4.78 is 22.4. The molecule has 4 heteroatoms. The molecule has 2 fully saturated rings. The quantitative estimate of drug-likeness (QED) is 0.338. The van der Waals surface area contributed by atoms with Crippen LogP contribution in [0.25, 0.3) is 0 Å². The maximum Gasteiger partial charge on any atom is 0.0566 e. The first kappa shape index (κ1) is 22.1. The molecule has 4 nitrogen and oxygen atoms in total. The van der Waals surface area contributed by atoms with E-state index < -0.39 is 0 Å². The van der Waals surface area contributed by atoms with E-state index >= 15 is 0 Å². The van der Waals surface area contributed by atoms with Gasteiger partial charge >= 0.3 is 0 Å². The second kappa shape index (κ2) is 12.3. The molecule has 2 aliphatic rings. The topological polar surface area (TPSA) is 36.9 Å². The molecule has 0 atom stereocenters. The number of hydrogen-bond acceptors (Lipinski definition) is 4. The standard InChI is InChI=1S/C22H42O4/c1-3-21(17-25-18-21)15-23-13-11-9-7-5-6-8-10-12-14-24-16-22(4-2)19-26-20-22/h3-20H2,1-2H3. The van der Waals surface area contributed by atoms with Crippen LogP contribution in [0.3, 0.4) is 0 Å². The number of rotatable bonds is 17. The highest BCUT2D eigenvalue weighted by Gasteiger charge is 2.37. The molecule has 26 heavy (non-hydrogen) atoms. The Hall–Kier alpha value is -0.160. The largest absolute Gasteiger partial charge is 0.381 e. The highest BCUT2D eigenvalue weighted by molar-refractivity contribution is 4.84. The molecule has 2 aliphatic heterocycles. The van der Waals surface area contributed by atoms with Crippen molar-refractivity contribution in [3.8, 4) is 0 Å². The normalized spacial score (nSPS) is 20.5. The van der Waals surface area contributed by atoms with E-state index in [4.69, 9.17) is 18.9 Å². The maximum atomic E-state index is 5.86. The Bertz CT molecular complexity index is 305. The van der Waals surface area contributed by atoms with E-state index in [0.29, 0.717) is 10.8 Å². The summed E-state index contributed by atoms with van der Waals surface area (Å²) in [4.78, 5) is 0. The second-order valence-electron chi connectivity index (χ2n) is 8.63. The predicted octanol–water partition coefficient (Wildman–Crippen LogP) is 4.99. The van der Waals surface area contributed by atoms with Gasteiger partial charge in [-0.05, 0) is 25.7 Å². The first-order chi connectivity index (χ1) is 12.7. The van der Waals surface area contributed by atoms with Crippen LogP contribution >= 0.6 is 0 Å². The molecule has 0 aromatic rings. The SMILES string of the molecule is CCC1(COCCCCCCCCCCOCC2(CC)COC2)COC1. The fraction of sp³-hybridized carbons (Fsp3) is 1.00. The van der Waals surface area contributed by atoms with Crippen LogP contribution in [0.2, 0.25) is 0 Å². The third kappa shape index (κ3) is 7.46. The van der Waals surface area contributed by atoms with Crippen molar-refractivity contribution >= 4 is 0 Å². The molecule has 2 saturated heterocycles. The fourth-order valence-corrected chi connectivity index (χ4v) is 3.61. The van der Waals surface area contributed by atoms with Crippen molar-refractivity contribution in [3.05, 3.63) is 0 Å². The second-order valence-corrected chi connectivity index (χ2v) is 8.63. The van der Waals surface area contributed by atoms with Crippen LogP contribution in [0, 0.1) is 10.8 Å². The number of ether oxygens (including phenoxy) is 4. The van der Waals surface area contributed by atoms with Crippen LogP contribution in [0.5, 0.6) is 0 Å². The van der Waals surface area contributed by atoms with Crippen molar-refractivity contribution in [3.63, 3.8) is 0 Å². The van der Waals surface area contributed by atoms with Crippen molar-refractivity contribution in [2.45, 2.75) is 78.1 Å². The van der Waals surface area contributed by atoms with Gasteiger partial charge in [0, 0.05) is 24.0 Å². The summed E-state index contributed by atoms with van der Waals surface area (Å²) in [5.41, 5.74) is 0.680. The van der Waals surface area contributed by atoms with Gasteiger partial charge in [-0.15, -0.1) is 0 Å². The zero-order valence-electron chi connectivity index (χ0n) is 17.4. The van der Waals surface area contributed by atoms with Gasteiger partial charge in [0.2, 0.25) is 0 Å². The van der Waals surface area contributed by atoms with Gasteiger partial charge in [0.25, 0.3) is 0 Å². The number of hydrogen-bond donors (Lipinski definition) is 0. The monoisotopic (exact) mass is 370 g/mol. The average molecular weight is 371 g/mol. The molecular weight excluding hydrogens is 328 g/mol. The Morgan fingerprint density at radius 3 is 1.19 bits per heavy atom. The molecule has 0 aromatic carbocycles. The van der Waals surface area contributed by atoms with Crippen LogP contribution in [0.4, 0.5) is 0 Å². The first-order valence-corrected chi connectivity index (χ1v) is 11.1. The van der Waals surface area contributed by atoms with E-state index in [1.54, 1.807) is 0 Å². The smallest absolute Gasteiger partial charge is 0.0566 e. The van der Waals surface area contributed by atoms with E-state index in [1.807, 2.05) is 0 Å². The summed E-state index contributed by atoms with van der Waals surface area (Å²) in [6.45, 7) is 11.7. The van der Waals surface area contributed by atoms with Gasteiger partial charge in [-0.1, -0.05) is 52.4 Å². The summed E-state index contributed by atoms with van der Waals surface area (Å²) in [5, 5.41) is 0. The first-order valence-electron chi connectivity index (χ1n) is 11.1. The summed E-state index contributed by atoms with van der Waals surface area (Å²) in [7, 11) is 0. The van der Waals surface area contributed by atoms with Crippen LogP contribution in [-0.4, -0.2) is 52.9 Å². The van der Waals surface area contributed by atoms with E-state index in [2.05, 4.69) is 13.8 Å². The zero-order chi connectivity index (χ0) is 18.6. The van der Waals surface area contributed by atoms with Crippen LogP contribution in [0.1, 0.15) is 78.1 Å². The van der Waals surface area contributed by atoms with Crippen LogP contribution in [0.15, 0.2) is 0 Å². The molecule has 154 valence electrons. The Labute approximate surface area is 161 Å². The number of unbranched alkanes of at least 4 members (excludes halogenated alkanes) is 7. The van der Waals surface area contributed by atoms with E-state index in [0.717, 1.165) is 52.9 Å². The predicted molar refractivity (Wildman–Crippen MR) is 106 cm³/mol. The molecule has 0 bridgehead atoms. The summed E-state index contributed by atoms with van der Waals surface area (Å²) >= 11 is 0. The van der Waals surface area contributed by atoms with E-state index in [1.165, 1.54) is 64.2 Å². The highest BCUT2D eigenvalue weighted by atomic mass is 16.5. The summed E-state index contributed by atoms with van der Waals surface area (Å²) in [6, 6.07) is 0. The lowest BCUT2D eigenvalue weighted by molar-refractivity contribution is -0.150. The Morgan fingerprint density at radius 1 is 0.577 bits per heavy atom. The van der Waals surface area contributed by atoms with Gasteiger partial charge in [-0.25, -0.2) is 0 Å². The Morgan fingerprint density at radius 2 is 0.923 bits per heavy atom. The van der Waals surface area contributed by atoms with Gasteiger partial charge in [0.05, 0.1) is 39.6 Å². The molecule has 0 aromatic heterocycles. The lowest BCUT2D eigenvalue weighted by Crippen LogP contribution is -2.45. The molecule has 2 rings (SSSR count). The van der Waals surface area contributed by atoms with Gasteiger partial charge < -0.3 is 18.9 Å². The molecule has 0 unspecified atom stereocenters. The van der Waals surface area contributed by atoms with E-state index in [9.17, 15) is 0 Å². The summed E-state index contributed by atoms with van der Waals surface area (Å²) in [5.74, 6) is 0. The molecule has 0 amide bonds. The lowest BCUT2D eigenvalue weighted by Gasteiger charge is -2.40. The summed E-state index contributed by atoms with van der Waals surface area (Å²) in [6.07, 6.45) is 12.8. The van der Waals surface area contributed by atoms with Gasteiger partial charge in [0.1, 0.15) is 0 Å². The Kier molecular flexibility index (Phi) is 10.5. The lowest BCUT2D eigenvalue weighted by atomic mass is 9.84. The maximum absolute atomic E-state index is 5.86. The minimum Gasteiger partial charge on any atom is -0.381 e. The third-order valence-electron chi connectivity index (χ3n) is 6.28. The highest BCUT2D eigenvalue weighted by Crippen LogP contribution is 2.32. The minimum atomic E-state index is 0.340. The van der Waals surface area contributed by atoms with Crippen molar-refractivity contribution in [1.82, 2.24) is 0 Å². The molecule has 0 spiro atoms. The fourth-order valence-electron chi connectivity index (χ4n) is 3.61. The minimum absolute atomic E-state index is 0.340. The van der Waals surface area contributed by atoms with Crippen molar-refractivity contribution in [2.75, 3.05) is 52.9 Å². The molecule has 0 N–H and O–H groups in total. The van der Waals surface area contributed by atoms with Gasteiger partial charge in [-0.3, -0.25) is 0 Å². The Balaban J connectivity index is 1.26. The molecule has 0 radical (unpaired) electrons. The van der Waals surface area contributed by atoms with Crippen molar-refractivity contribution in [2.24, 2.45) is 10.8 Å². The van der Waals surface area contributed by atoms with Crippen LogP contribution < -0.4 is 0 Å².